The van der Waals surface area contributed by atoms with Gasteiger partial charge in [0.2, 0.25) is 0 Å². The van der Waals surface area contributed by atoms with Gasteiger partial charge in [0.25, 0.3) is 0 Å². The van der Waals surface area contributed by atoms with Crippen LogP contribution in [0.3, 0.4) is 0 Å². The Balaban J connectivity index is 3.75. The zero-order chi connectivity index (χ0) is 6.62. The predicted molar refractivity (Wildman–Crippen MR) is 41.3 cm³/mol. The van der Waals surface area contributed by atoms with Crippen molar-refractivity contribution >= 4 is 8.07 Å². The molecule has 0 aromatic heterocycles. The summed E-state index contributed by atoms with van der Waals surface area (Å²) in [5.41, 5.74) is 2.15. The largest absolute Gasteiger partial charge is 0.115 e. The maximum Gasteiger partial charge on any atom is 0.0695 e. The first-order chi connectivity index (χ1) is 3.56. The number of hydrogen-bond donors (Lipinski definition) is 0. The first kappa shape index (κ1) is 7.52. The van der Waals surface area contributed by atoms with Gasteiger partial charge >= 0.3 is 0 Å². The number of hydrogen-bond acceptors (Lipinski definition) is 0. The van der Waals surface area contributed by atoms with Gasteiger partial charge < -0.3 is 0 Å². The molecular weight excluding hydrogens is 112 g/mol. The standard InChI is InChI=1S/C7H12Si/c1-5-6-7-8(2,3)4/h1,6-7H,2-4H3. The summed E-state index contributed by atoms with van der Waals surface area (Å²) in [5.74, 6) is 2.48. The van der Waals surface area contributed by atoms with Crippen LogP contribution < -0.4 is 0 Å². The Labute approximate surface area is 52.6 Å². The maximum absolute atomic E-state index is 5.02. The van der Waals surface area contributed by atoms with Gasteiger partial charge in [-0.15, -0.1) is 6.42 Å². The third kappa shape index (κ3) is 5.52. The van der Waals surface area contributed by atoms with Crippen molar-refractivity contribution < 1.29 is 0 Å². The molecule has 0 aliphatic heterocycles. The number of terminal acetylenes is 1. The van der Waals surface area contributed by atoms with Crippen LogP contribution in [0.25, 0.3) is 0 Å². The van der Waals surface area contributed by atoms with E-state index in [-0.39, 0.29) is 0 Å². The van der Waals surface area contributed by atoms with E-state index in [0.717, 1.165) is 0 Å². The molecule has 0 amide bonds. The molecule has 0 atom stereocenters. The lowest BCUT2D eigenvalue weighted by Gasteiger charge is -2.05. The molecule has 0 radical (unpaired) electrons. The van der Waals surface area contributed by atoms with Crippen molar-refractivity contribution in [1.82, 2.24) is 0 Å². The molecule has 0 fully saturated rings. The third-order valence-corrected chi connectivity index (χ3v) is 1.85. The van der Waals surface area contributed by atoms with Crippen LogP contribution in [-0.2, 0) is 0 Å². The van der Waals surface area contributed by atoms with Gasteiger partial charge in [-0.05, 0) is 6.08 Å². The second-order valence-electron chi connectivity index (χ2n) is 2.87. The number of rotatable bonds is 1. The molecule has 0 unspecified atom stereocenters. The lowest BCUT2D eigenvalue weighted by atomic mass is 10.7. The topological polar surface area (TPSA) is 0 Å². The fourth-order valence-electron chi connectivity index (χ4n) is 0.298. The van der Waals surface area contributed by atoms with E-state index in [1.54, 1.807) is 6.08 Å². The second kappa shape index (κ2) is 2.73. The Kier molecular flexibility index (Phi) is 2.57. The van der Waals surface area contributed by atoms with Crippen LogP contribution in [0.15, 0.2) is 11.8 Å². The minimum atomic E-state index is -1.00. The molecular formula is C7H12Si. The summed E-state index contributed by atoms with van der Waals surface area (Å²) in [6, 6.07) is 0. The van der Waals surface area contributed by atoms with Gasteiger partial charge in [0.1, 0.15) is 0 Å². The van der Waals surface area contributed by atoms with E-state index in [1.165, 1.54) is 0 Å². The summed E-state index contributed by atoms with van der Waals surface area (Å²) in [7, 11) is -1.00. The molecule has 0 spiro atoms. The minimum Gasteiger partial charge on any atom is -0.115 e. The molecule has 8 heavy (non-hydrogen) atoms. The highest BCUT2D eigenvalue weighted by Gasteiger charge is 2.05. The van der Waals surface area contributed by atoms with Crippen molar-refractivity contribution in [3.05, 3.63) is 11.8 Å². The van der Waals surface area contributed by atoms with Crippen LogP contribution in [0, 0.1) is 12.3 Å². The molecule has 0 bridgehead atoms. The molecule has 0 nitrogen and oxygen atoms in total. The van der Waals surface area contributed by atoms with Gasteiger partial charge in [-0.25, -0.2) is 0 Å². The molecule has 0 rings (SSSR count). The lowest BCUT2D eigenvalue weighted by Crippen LogP contribution is -2.14. The van der Waals surface area contributed by atoms with Crippen molar-refractivity contribution in [3.63, 3.8) is 0 Å². The highest BCUT2D eigenvalue weighted by Crippen LogP contribution is 2.00. The van der Waals surface area contributed by atoms with Crippen LogP contribution in [0.4, 0.5) is 0 Å². The highest BCUT2D eigenvalue weighted by molar-refractivity contribution is 6.81. The second-order valence-corrected chi connectivity index (χ2v) is 7.93. The fourth-order valence-corrected chi connectivity index (χ4v) is 0.894. The summed E-state index contributed by atoms with van der Waals surface area (Å²) < 4.78 is 0. The first-order valence-corrected chi connectivity index (χ1v) is 6.28. The van der Waals surface area contributed by atoms with Crippen LogP contribution in [0.2, 0.25) is 19.6 Å². The zero-order valence-corrected chi connectivity index (χ0v) is 6.73. The molecule has 0 aromatic carbocycles. The Bertz CT molecular complexity index is 120. The molecule has 0 N–H and O–H groups in total. The van der Waals surface area contributed by atoms with Crippen LogP contribution in [-0.4, -0.2) is 8.07 Å². The molecule has 0 saturated heterocycles. The van der Waals surface area contributed by atoms with E-state index in [9.17, 15) is 0 Å². The number of allylic oxidation sites excluding steroid dienone is 1. The summed E-state index contributed by atoms with van der Waals surface area (Å²) >= 11 is 0. The van der Waals surface area contributed by atoms with E-state index >= 15 is 0 Å². The van der Waals surface area contributed by atoms with Crippen LogP contribution >= 0.6 is 0 Å². The monoisotopic (exact) mass is 124 g/mol. The van der Waals surface area contributed by atoms with E-state index in [1.807, 2.05) is 0 Å². The minimum absolute atomic E-state index is 1.00. The molecule has 0 aliphatic rings. The van der Waals surface area contributed by atoms with E-state index in [4.69, 9.17) is 6.42 Å². The Morgan fingerprint density at radius 2 is 1.88 bits per heavy atom. The van der Waals surface area contributed by atoms with Gasteiger partial charge in [0, 0.05) is 0 Å². The van der Waals surface area contributed by atoms with Gasteiger partial charge in [-0.2, -0.15) is 0 Å². The average molecular weight is 124 g/mol. The normalized spacial score (nSPS) is 11.8. The summed E-state index contributed by atoms with van der Waals surface area (Å²) in [5, 5.41) is 0. The van der Waals surface area contributed by atoms with Crippen molar-refractivity contribution in [2.24, 2.45) is 0 Å². The van der Waals surface area contributed by atoms with Crippen molar-refractivity contribution in [2.75, 3.05) is 0 Å². The van der Waals surface area contributed by atoms with Gasteiger partial charge in [0.15, 0.2) is 0 Å². The summed E-state index contributed by atoms with van der Waals surface area (Å²) in [6.45, 7) is 6.75. The smallest absolute Gasteiger partial charge is 0.0695 e. The SMILES string of the molecule is C#CC=C[Si](C)(C)C. The maximum atomic E-state index is 5.02. The van der Waals surface area contributed by atoms with Gasteiger partial charge in [-0.1, -0.05) is 31.3 Å². The van der Waals surface area contributed by atoms with Gasteiger partial charge in [0.05, 0.1) is 8.07 Å². The van der Waals surface area contributed by atoms with E-state index in [2.05, 4.69) is 31.3 Å². The van der Waals surface area contributed by atoms with Gasteiger partial charge in [-0.3, -0.25) is 0 Å². The molecule has 0 aromatic rings. The Hall–Kier alpha value is -0.483. The molecule has 0 heterocycles. The third-order valence-electron chi connectivity index (χ3n) is 0.680. The van der Waals surface area contributed by atoms with E-state index in [0.29, 0.717) is 0 Å². The Morgan fingerprint density at radius 3 is 2.00 bits per heavy atom. The first-order valence-electron chi connectivity index (χ1n) is 2.70. The lowest BCUT2D eigenvalue weighted by molar-refractivity contribution is 1.77. The molecule has 1 heteroatoms. The average Bonchev–Trinajstić information content (AvgIpc) is 1.59. The quantitative estimate of drug-likeness (QED) is 0.371. The van der Waals surface area contributed by atoms with Crippen LogP contribution in [0.5, 0.6) is 0 Å². The fraction of sp³-hybridized carbons (Fsp3) is 0.429. The van der Waals surface area contributed by atoms with Crippen molar-refractivity contribution in [3.8, 4) is 12.3 Å². The highest BCUT2D eigenvalue weighted by atomic mass is 28.3. The van der Waals surface area contributed by atoms with E-state index < -0.39 is 8.07 Å². The molecule has 0 aliphatic carbocycles. The zero-order valence-electron chi connectivity index (χ0n) is 5.73. The molecule has 44 valence electrons. The molecule has 0 saturated carbocycles. The summed E-state index contributed by atoms with van der Waals surface area (Å²) in [6.07, 6.45) is 6.82. The summed E-state index contributed by atoms with van der Waals surface area (Å²) in [4.78, 5) is 0. The van der Waals surface area contributed by atoms with Crippen molar-refractivity contribution in [2.45, 2.75) is 19.6 Å². The predicted octanol–water partition coefficient (Wildman–Crippen LogP) is 2.05. The van der Waals surface area contributed by atoms with Crippen LogP contribution in [0.1, 0.15) is 0 Å². The van der Waals surface area contributed by atoms with Crippen molar-refractivity contribution in [1.29, 1.82) is 0 Å². The Morgan fingerprint density at radius 1 is 1.38 bits per heavy atom.